The summed E-state index contributed by atoms with van der Waals surface area (Å²) < 4.78 is 10.4. The minimum Gasteiger partial charge on any atom is -0.497 e. The molecule has 27 heavy (non-hydrogen) atoms. The molecule has 1 N–H and O–H groups in total. The minimum atomic E-state index is 0.529. The third kappa shape index (κ3) is 5.21. The van der Waals surface area contributed by atoms with Crippen LogP contribution in [0.3, 0.4) is 0 Å². The van der Waals surface area contributed by atoms with Gasteiger partial charge in [-0.2, -0.15) is 4.98 Å². The topological polar surface area (TPSA) is 75.8 Å². The van der Waals surface area contributed by atoms with Crippen LogP contribution in [0.5, 0.6) is 5.75 Å². The molecule has 1 aliphatic heterocycles. The highest BCUT2D eigenvalue weighted by Crippen LogP contribution is 2.28. The lowest BCUT2D eigenvalue weighted by molar-refractivity contribution is 0.372. The van der Waals surface area contributed by atoms with Crippen LogP contribution < -0.4 is 10.1 Å². The van der Waals surface area contributed by atoms with Gasteiger partial charge in [-0.25, -0.2) is 0 Å². The van der Waals surface area contributed by atoms with Gasteiger partial charge in [0.15, 0.2) is 11.8 Å². The van der Waals surface area contributed by atoms with Crippen LogP contribution >= 0.6 is 0 Å². The monoisotopic (exact) mass is 371 g/mol. The molecule has 1 saturated heterocycles. The maximum absolute atomic E-state index is 5.26. The molecular weight excluding hydrogens is 342 g/mol. The van der Waals surface area contributed by atoms with Gasteiger partial charge in [0.1, 0.15) is 5.75 Å². The zero-order valence-electron chi connectivity index (χ0n) is 16.4. The second-order valence-corrected chi connectivity index (χ2v) is 6.78. The number of methoxy groups -OCH3 is 1. The van der Waals surface area contributed by atoms with E-state index >= 15 is 0 Å². The first-order valence-electron chi connectivity index (χ1n) is 9.66. The van der Waals surface area contributed by atoms with Gasteiger partial charge in [0, 0.05) is 38.5 Å². The first-order valence-corrected chi connectivity index (χ1v) is 9.66. The van der Waals surface area contributed by atoms with Crippen LogP contribution in [0.25, 0.3) is 0 Å². The Bertz CT molecular complexity index is 741. The fourth-order valence-corrected chi connectivity index (χ4v) is 3.38. The van der Waals surface area contributed by atoms with Gasteiger partial charge in [0.2, 0.25) is 5.89 Å². The number of benzene rings is 1. The van der Waals surface area contributed by atoms with Crippen molar-refractivity contribution >= 4 is 5.96 Å². The molecule has 2 heterocycles. The molecule has 7 heteroatoms. The summed E-state index contributed by atoms with van der Waals surface area (Å²) in [5.74, 6) is 3.80. The molecule has 0 amide bonds. The molecule has 2 aromatic rings. The molecule has 3 rings (SSSR count). The van der Waals surface area contributed by atoms with Crippen molar-refractivity contribution in [3.05, 3.63) is 41.5 Å². The van der Waals surface area contributed by atoms with E-state index in [0.717, 1.165) is 57.2 Å². The Morgan fingerprint density at radius 3 is 2.85 bits per heavy atom. The fraction of sp³-hybridized carbons (Fsp3) is 0.550. The Kier molecular flexibility index (Phi) is 6.68. The molecule has 1 aromatic carbocycles. The third-order valence-corrected chi connectivity index (χ3v) is 4.79. The number of ether oxygens (including phenoxy) is 1. The van der Waals surface area contributed by atoms with Crippen molar-refractivity contribution in [2.24, 2.45) is 4.99 Å². The highest BCUT2D eigenvalue weighted by Gasteiger charge is 2.26. The molecule has 1 aliphatic rings. The predicted octanol–water partition coefficient (Wildman–Crippen LogP) is 2.77. The summed E-state index contributed by atoms with van der Waals surface area (Å²) in [6.07, 6.45) is 2.79. The standard InChI is InChI=1S/C20H29N5O2/c1-4-21-20(22-12-5-6-19-23-15(2)24-27-19)25-13-11-17(14-25)16-7-9-18(26-3)10-8-16/h7-10,17H,4-6,11-14H2,1-3H3,(H,21,22). The summed E-state index contributed by atoms with van der Waals surface area (Å²) in [5, 5.41) is 7.24. The summed E-state index contributed by atoms with van der Waals surface area (Å²) in [7, 11) is 1.70. The number of nitrogens with one attached hydrogen (secondary N) is 1. The molecule has 0 bridgehead atoms. The average Bonchev–Trinajstić information content (AvgIpc) is 3.34. The molecule has 146 valence electrons. The van der Waals surface area contributed by atoms with Gasteiger partial charge in [-0.15, -0.1) is 0 Å². The number of rotatable bonds is 7. The van der Waals surface area contributed by atoms with Crippen LogP contribution in [-0.4, -0.2) is 54.3 Å². The number of nitrogens with zero attached hydrogens (tertiary/aromatic N) is 4. The van der Waals surface area contributed by atoms with Crippen molar-refractivity contribution < 1.29 is 9.26 Å². The summed E-state index contributed by atoms with van der Waals surface area (Å²) in [6.45, 7) is 7.56. The van der Waals surface area contributed by atoms with Crippen LogP contribution in [0.2, 0.25) is 0 Å². The van der Waals surface area contributed by atoms with Crippen LogP contribution in [0, 0.1) is 6.92 Å². The van der Waals surface area contributed by atoms with E-state index in [1.807, 2.05) is 19.1 Å². The van der Waals surface area contributed by atoms with Gasteiger partial charge in [-0.1, -0.05) is 17.3 Å². The first-order chi connectivity index (χ1) is 13.2. The Balaban J connectivity index is 1.54. The van der Waals surface area contributed by atoms with Gasteiger partial charge < -0.3 is 19.5 Å². The van der Waals surface area contributed by atoms with Crippen LogP contribution in [0.4, 0.5) is 0 Å². The van der Waals surface area contributed by atoms with Crippen molar-refractivity contribution in [3.8, 4) is 5.75 Å². The van der Waals surface area contributed by atoms with E-state index in [4.69, 9.17) is 14.3 Å². The largest absolute Gasteiger partial charge is 0.497 e. The predicted molar refractivity (Wildman–Crippen MR) is 105 cm³/mol. The number of likely N-dealkylation sites (tertiary alicyclic amines) is 1. The zero-order valence-corrected chi connectivity index (χ0v) is 16.4. The van der Waals surface area contributed by atoms with Crippen molar-refractivity contribution in [2.45, 2.75) is 39.0 Å². The maximum Gasteiger partial charge on any atom is 0.226 e. The fourth-order valence-electron chi connectivity index (χ4n) is 3.38. The second kappa shape index (κ2) is 9.39. The van der Waals surface area contributed by atoms with Crippen LogP contribution in [0.1, 0.15) is 43.0 Å². The molecule has 0 radical (unpaired) electrons. The highest BCUT2D eigenvalue weighted by molar-refractivity contribution is 5.80. The van der Waals surface area contributed by atoms with Crippen LogP contribution in [0.15, 0.2) is 33.8 Å². The number of hydrogen-bond acceptors (Lipinski definition) is 5. The zero-order chi connectivity index (χ0) is 19.1. The minimum absolute atomic E-state index is 0.529. The second-order valence-electron chi connectivity index (χ2n) is 6.78. The van der Waals surface area contributed by atoms with E-state index in [-0.39, 0.29) is 0 Å². The van der Waals surface area contributed by atoms with E-state index in [1.54, 1.807) is 7.11 Å². The molecule has 0 saturated carbocycles. The summed E-state index contributed by atoms with van der Waals surface area (Å²) >= 11 is 0. The number of aryl methyl sites for hydroxylation is 2. The number of hydrogen-bond donors (Lipinski definition) is 1. The average molecular weight is 371 g/mol. The molecule has 7 nitrogen and oxygen atoms in total. The Labute approximate surface area is 160 Å². The highest BCUT2D eigenvalue weighted by atomic mass is 16.5. The van der Waals surface area contributed by atoms with Gasteiger partial charge in [-0.3, -0.25) is 4.99 Å². The maximum atomic E-state index is 5.26. The van der Waals surface area contributed by atoms with Crippen LogP contribution in [-0.2, 0) is 6.42 Å². The lowest BCUT2D eigenvalue weighted by Crippen LogP contribution is -2.40. The molecular formula is C20H29N5O2. The first kappa shape index (κ1) is 19.2. The molecule has 1 fully saturated rings. The summed E-state index contributed by atoms with van der Waals surface area (Å²) in [4.78, 5) is 11.4. The molecule has 1 aromatic heterocycles. The normalized spacial score (nSPS) is 17.4. The Hall–Kier alpha value is -2.57. The Morgan fingerprint density at radius 2 is 2.19 bits per heavy atom. The van der Waals surface area contributed by atoms with Gasteiger partial charge in [-0.05, 0) is 44.4 Å². The van der Waals surface area contributed by atoms with E-state index < -0.39 is 0 Å². The smallest absolute Gasteiger partial charge is 0.226 e. The lowest BCUT2D eigenvalue weighted by atomic mass is 9.98. The summed E-state index contributed by atoms with van der Waals surface area (Å²) in [6, 6.07) is 8.42. The third-order valence-electron chi connectivity index (χ3n) is 4.79. The number of aliphatic imine (C=N–C) groups is 1. The van der Waals surface area contributed by atoms with E-state index in [9.17, 15) is 0 Å². The molecule has 1 atom stereocenters. The molecule has 0 aliphatic carbocycles. The number of guanidine groups is 1. The SMILES string of the molecule is CCNC(=NCCCc1nc(C)no1)N1CCC(c2ccc(OC)cc2)C1. The summed E-state index contributed by atoms with van der Waals surface area (Å²) in [5.41, 5.74) is 1.36. The van der Waals surface area contributed by atoms with Crippen molar-refractivity contribution in [2.75, 3.05) is 33.3 Å². The number of aromatic nitrogens is 2. The molecule has 1 unspecified atom stereocenters. The van der Waals surface area contributed by atoms with E-state index in [2.05, 4.69) is 39.4 Å². The van der Waals surface area contributed by atoms with Crippen molar-refractivity contribution in [3.63, 3.8) is 0 Å². The van der Waals surface area contributed by atoms with E-state index in [0.29, 0.717) is 17.6 Å². The van der Waals surface area contributed by atoms with Gasteiger partial charge in [0.05, 0.1) is 7.11 Å². The van der Waals surface area contributed by atoms with Crippen molar-refractivity contribution in [1.82, 2.24) is 20.4 Å². The molecule has 0 spiro atoms. The lowest BCUT2D eigenvalue weighted by Gasteiger charge is -2.21. The van der Waals surface area contributed by atoms with Crippen molar-refractivity contribution in [1.29, 1.82) is 0 Å². The van der Waals surface area contributed by atoms with E-state index in [1.165, 1.54) is 5.56 Å². The Morgan fingerprint density at radius 1 is 1.37 bits per heavy atom. The van der Waals surface area contributed by atoms with Gasteiger partial charge in [0.25, 0.3) is 0 Å². The quantitative estimate of drug-likeness (QED) is 0.458. The van der Waals surface area contributed by atoms with Gasteiger partial charge >= 0.3 is 0 Å².